The number of benzene rings is 2. The summed E-state index contributed by atoms with van der Waals surface area (Å²) in [5, 5.41) is 16.2. The Morgan fingerprint density at radius 3 is 2.46 bits per heavy atom. The highest BCUT2D eigenvalue weighted by atomic mass is 19.1. The molecule has 0 unspecified atom stereocenters. The molecule has 1 heterocycles. The highest BCUT2D eigenvalue weighted by molar-refractivity contribution is 6.01. The minimum atomic E-state index is -1.21. The van der Waals surface area contributed by atoms with E-state index in [0.29, 0.717) is 11.3 Å². The number of nitrogens with one attached hydrogen (secondary N) is 1. The number of aliphatic hydroxyl groups excluding tert-OH is 1. The van der Waals surface area contributed by atoms with Gasteiger partial charge in [-0.25, -0.2) is 13.9 Å². The lowest BCUT2D eigenvalue weighted by Crippen LogP contribution is -2.44. The van der Waals surface area contributed by atoms with E-state index in [-0.39, 0.29) is 5.56 Å². The van der Waals surface area contributed by atoms with Gasteiger partial charge in [0.15, 0.2) is 6.04 Å². The maximum Gasteiger partial charge on any atom is 0.330 e. The van der Waals surface area contributed by atoms with Crippen LogP contribution in [0.15, 0.2) is 60.8 Å². The number of methoxy groups -OCH3 is 1. The fraction of sp³-hybridized carbons (Fsp3) is 0.150. The number of hydrogen-bond acceptors (Lipinski definition) is 5. The predicted octanol–water partition coefficient (Wildman–Crippen LogP) is 1.94. The number of aliphatic hydroxyl groups is 1. The monoisotopic (exact) mass is 383 g/mol. The fourth-order valence-electron chi connectivity index (χ4n) is 2.63. The van der Waals surface area contributed by atoms with Crippen LogP contribution in [0.2, 0.25) is 0 Å². The summed E-state index contributed by atoms with van der Waals surface area (Å²) >= 11 is 0. The van der Waals surface area contributed by atoms with Crippen LogP contribution in [0.25, 0.3) is 16.9 Å². The van der Waals surface area contributed by atoms with E-state index in [9.17, 15) is 19.1 Å². The molecule has 144 valence electrons. The van der Waals surface area contributed by atoms with Crippen molar-refractivity contribution in [3.05, 3.63) is 72.2 Å². The lowest BCUT2D eigenvalue weighted by molar-refractivity contribution is -0.143. The third-order valence-corrected chi connectivity index (χ3v) is 4.07. The molecule has 2 N–H and O–H groups in total. The summed E-state index contributed by atoms with van der Waals surface area (Å²) in [6.45, 7) is -0.614. The number of hydrogen-bond donors (Lipinski definition) is 2. The molecule has 0 bridgehead atoms. The summed E-state index contributed by atoms with van der Waals surface area (Å²) in [5.41, 5.74) is 1.72. The number of halogens is 1. The van der Waals surface area contributed by atoms with Gasteiger partial charge in [-0.2, -0.15) is 5.10 Å². The number of para-hydroxylation sites is 1. The topological polar surface area (TPSA) is 93.5 Å². The van der Waals surface area contributed by atoms with Gasteiger partial charge in [0, 0.05) is 11.8 Å². The summed E-state index contributed by atoms with van der Waals surface area (Å²) in [4.78, 5) is 24.5. The van der Waals surface area contributed by atoms with E-state index in [1.165, 1.54) is 35.1 Å². The summed E-state index contributed by atoms with van der Waals surface area (Å²) in [5.74, 6) is -1.80. The summed E-state index contributed by atoms with van der Waals surface area (Å²) < 4.78 is 19.4. The van der Waals surface area contributed by atoms with Crippen molar-refractivity contribution < 1.29 is 23.8 Å². The average Bonchev–Trinajstić information content (AvgIpc) is 3.18. The first kappa shape index (κ1) is 19.2. The van der Waals surface area contributed by atoms with Crippen LogP contribution in [0.5, 0.6) is 0 Å². The van der Waals surface area contributed by atoms with Gasteiger partial charge in [0.05, 0.1) is 25.0 Å². The van der Waals surface area contributed by atoms with E-state index in [1.807, 2.05) is 30.3 Å². The molecule has 0 aliphatic carbocycles. The number of rotatable bonds is 6. The molecule has 1 amide bonds. The molecule has 28 heavy (non-hydrogen) atoms. The molecule has 3 rings (SSSR count). The second kappa shape index (κ2) is 8.45. The van der Waals surface area contributed by atoms with E-state index in [2.05, 4.69) is 15.2 Å². The molecule has 0 radical (unpaired) electrons. The first-order chi connectivity index (χ1) is 13.5. The van der Waals surface area contributed by atoms with Crippen LogP contribution >= 0.6 is 0 Å². The van der Waals surface area contributed by atoms with E-state index in [4.69, 9.17) is 0 Å². The van der Waals surface area contributed by atoms with Crippen molar-refractivity contribution in [3.8, 4) is 16.9 Å². The van der Waals surface area contributed by atoms with Crippen LogP contribution in [0.3, 0.4) is 0 Å². The molecule has 0 saturated heterocycles. The average molecular weight is 383 g/mol. The van der Waals surface area contributed by atoms with Gasteiger partial charge in [-0.3, -0.25) is 4.79 Å². The Morgan fingerprint density at radius 1 is 1.18 bits per heavy atom. The smallest absolute Gasteiger partial charge is 0.330 e. The van der Waals surface area contributed by atoms with E-state index >= 15 is 0 Å². The Hall–Kier alpha value is -3.52. The fourth-order valence-corrected chi connectivity index (χ4v) is 2.63. The molecule has 2 aromatic carbocycles. The van der Waals surface area contributed by atoms with Crippen LogP contribution in [0.1, 0.15) is 10.4 Å². The number of nitrogens with zero attached hydrogens (tertiary/aromatic N) is 2. The lowest BCUT2D eigenvalue weighted by Gasteiger charge is -2.13. The van der Waals surface area contributed by atoms with Crippen molar-refractivity contribution in [3.63, 3.8) is 0 Å². The van der Waals surface area contributed by atoms with Gasteiger partial charge in [-0.1, -0.05) is 18.2 Å². The van der Waals surface area contributed by atoms with E-state index < -0.39 is 30.3 Å². The van der Waals surface area contributed by atoms with Crippen LogP contribution in [0.4, 0.5) is 4.39 Å². The number of amides is 1. The summed E-state index contributed by atoms with van der Waals surface area (Å²) in [7, 11) is 1.16. The van der Waals surface area contributed by atoms with Crippen molar-refractivity contribution in [2.75, 3.05) is 13.7 Å². The van der Waals surface area contributed by atoms with Crippen molar-refractivity contribution in [2.24, 2.45) is 0 Å². The quantitative estimate of drug-likeness (QED) is 0.635. The van der Waals surface area contributed by atoms with Crippen LogP contribution in [-0.2, 0) is 9.53 Å². The first-order valence-corrected chi connectivity index (χ1v) is 8.44. The number of carbonyl (C=O) groups excluding carboxylic acids is 2. The highest BCUT2D eigenvalue weighted by Gasteiger charge is 2.25. The van der Waals surface area contributed by atoms with Gasteiger partial charge in [0.1, 0.15) is 11.5 Å². The number of esters is 1. The molecular formula is C20H18FN3O4. The number of ether oxygens (including phenoxy) is 1. The normalized spacial score (nSPS) is 11.7. The predicted molar refractivity (Wildman–Crippen MR) is 99.3 cm³/mol. The lowest BCUT2D eigenvalue weighted by atomic mass is 10.1. The molecule has 1 atom stereocenters. The molecule has 0 saturated carbocycles. The molecule has 0 aliphatic heterocycles. The molecule has 3 aromatic rings. The molecular weight excluding hydrogens is 365 g/mol. The Morgan fingerprint density at radius 2 is 1.86 bits per heavy atom. The minimum absolute atomic E-state index is 0.165. The van der Waals surface area contributed by atoms with Crippen molar-refractivity contribution in [1.29, 1.82) is 0 Å². The second-order valence-electron chi connectivity index (χ2n) is 5.91. The van der Waals surface area contributed by atoms with Gasteiger partial charge >= 0.3 is 5.97 Å². The Labute approximate surface area is 160 Å². The van der Waals surface area contributed by atoms with Gasteiger partial charge in [0.25, 0.3) is 5.91 Å². The zero-order valence-electron chi connectivity index (χ0n) is 15.0. The number of carbonyl (C=O) groups is 2. The van der Waals surface area contributed by atoms with Gasteiger partial charge < -0.3 is 15.2 Å². The van der Waals surface area contributed by atoms with Crippen LogP contribution in [-0.4, -0.2) is 46.5 Å². The maximum atomic E-state index is 13.3. The molecule has 8 heteroatoms. The summed E-state index contributed by atoms with van der Waals surface area (Å²) in [6.07, 6.45) is 1.51. The van der Waals surface area contributed by atoms with E-state index in [1.54, 1.807) is 0 Å². The second-order valence-corrected chi connectivity index (χ2v) is 5.91. The SMILES string of the molecule is COC(=O)[C@@H](CO)NC(=O)c1cn(-c2ccccc2)nc1-c1ccc(F)cc1. The van der Waals surface area contributed by atoms with Gasteiger partial charge in [-0.05, 0) is 36.4 Å². The molecule has 0 spiro atoms. The Kier molecular flexibility index (Phi) is 5.81. The summed E-state index contributed by atoms with van der Waals surface area (Å²) in [6, 6.07) is 13.5. The van der Waals surface area contributed by atoms with Crippen molar-refractivity contribution >= 4 is 11.9 Å². The Bertz CT molecular complexity index is 971. The first-order valence-electron chi connectivity index (χ1n) is 8.44. The minimum Gasteiger partial charge on any atom is -0.467 e. The zero-order chi connectivity index (χ0) is 20.1. The van der Waals surface area contributed by atoms with E-state index in [0.717, 1.165) is 12.8 Å². The van der Waals surface area contributed by atoms with Crippen molar-refractivity contribution in [2.45, 2.75) is 6.04 Å². The molecule has 1 aromatic heterocycles. The highest BCUT2D eigenvalue weighted by Crippen LogP contribution is 2.24. The van der Waals surface area contributed by atoms with Gasteiger partial charge in [0.2, 0.25) is 0 Å². The molecule has 0 aliphatic rings. The molecule has 0 fully saturated rings. The standard InChI is InChI=1S/C20H18FN3O4/c1-28-20(27)17(12-25)22-19(26)16-11-24(15-5-3-2-4-6-15)23-18(16)13-7-9-14(21)10-8-13/h2-11,17,25H,12H2,1H3,(H,22,26)/t17-/m1/s1. The van der Waals surface area contributed by atoms with Crippen LogP contribution < -0.4 is 5.32 Å². The maximum absolute atomic E-state index is 13.3. The van der Waals surface area contributed by atoms with Gasteiger partial charge in [-0.15, -0.1) is 0 Å². The molecule has 7 nitrogen and oxygen atoms in total. The third kappa shape index (κ3) is 4.07. The van der Waals surface area contributed by atoms with Crippen molar-refractivity contribution in [1.82, 2.24) is 15.1 Å². The Balaban J connectivity index is 2.02. The van der Waals surface area contributed by atoms with Crippen LogP contribution in [0, 0.1) is 5.82 Å². The zero-order valence-corrected chi connectivity index (χ0v) is 15.0. The third-order valence-electron chi connectivity index (χ3n) is 4.07. The largest absolute Gasteiger partial charge is 0.467 e. The number of aromatic nitrogens is 2.